The summed E-state index contributed by atoms with van der Waals surface area (Å²) in [6, 6.07) is 8.22. The Bertz CT molecular complexity index is 447. The minimum Gasteiger partial charge on any atom is -0.391 e. The summed E-state index contributed by atoms with van der Waals surface area (Å²) in [7, 11) is 0. The summed E-state index contributed by atoms with van der Waals surface area (Å²) < 4.78 is 36.6. The van der Waals surface area contributed by atoms with Crippen molar-refractivity contribution in [1.82, 2.24) is 4.90 Å². The number of nitrogens with zero attached hydrogens (tertiary/aromatic N) is 1. The highest BCUT2D eigenvalue weighted by Crippen LogP contribution is 2.29. The Morgan fingerprint density at radius 1 is 1.40 bits per heavy atom. The van der Waals surface area contributed by atoms with Gasteiger partial charge in [-0.05, 0) is 31.4 Å². The highest BCUT2D eigenvalue weighted by atomic mass is 19.4. The van der Waals surface area contributed by atoms with Gasteiger partial charge in [-0.2, -0.15) is 13.2 Å². The van der Waals surface area contributed by atoms with Gasteiger partial charge in [0.05, 0.1) is 12.5 Å². The molecule has 0 aromatic heterocycles. The summed E-state index contributed by atoms with van der Waals surface area (Å²) in [6.45, 7) is 3.59. The summed E-state index contributed by atoms with van der Waals surface area (Å²) in [5.74, 6) is 0.355. The van der Waals surface area contributed by atoms with Crippen LogP contribution in [0, 0.1) is 6.92 Å². The summed E-state index contributed by atoms with van der Waals surface area (Å²) in [4.78, 5) is 1.92. The number of alkyl halides is 3. The average Bonchev–Trinajstić information content (AvgIpc) is 2.74. The monoisotopic (exact) mass is 287 g/mol. The van der Waals surface area contributed by atoms with Crippen molar-refractivity contribution in [1.29, 1.82) is 0 Å². The number of aliphatic hydroxyl groups is 1. The molecule has 2 atom stereocenters. The van der Waals surface area contributed by atoms with E-state index >= 15 is 0 Å². The maximum Gasteiger partial charge on any atom is 0.391 e. The smallest absolute Gasteiger partial charge is 0.391 e. The van der Waals surface area contributed by atoms with Crippen molar-refractivity contribution >= 4 is 0 Å². The van der Waals surface area contributed by atoms with Gasteiger partial charge in [-0.15, -0.1) is 0 Å². The number of hydrogen-bond donors (Lipinski definition) is 1. The normalized spacial score (nSPS) is 22.1. The first-order valence-electron chi connectivity index (χ1n) is 6.87. The molecule has 1 N–H and O–H groups in total. The zero-order chi connectivity index (χ0) is 14.8. The maximum atomic E-state index is 12.2. The second-order valence-corrected chi connectivity index (χ2v) is 5.63. The quantitative estimate of drug-likeness (QED) is 0.920. The molecule has 2 nitrogen and oxygen atoms in total. The lowest BCUT2D eigenvalue weighted by molar-refractivity contribution is -0.155. The molecule has 0 spiro atoms. The molecule has 0 bridgehead atoms. The van der Waals surface area contributed by atoms with Gasteiger partial charge in [0.25, 0.3) is 0 Å². The van der Waals surface area contributed by atoms with Crippen molar-refractivity contribution in [2.75, 3.05) is 19.6 Å². The first-order valence-corrected chi connectivity index (χ1v) is 6.87. The molecule has 0 saturated carbocycles. The number of aryl methyl sites for hydroxylation is 1. The summed E-state index contributed by atoms with van der Waals surface area (Å²) in [5, 5.41) is 9.48. The SMILES string of the molecule is Cc1cccc([C@@H]2CCN(C[C@H](O)CC(F)(F)F)C2)c1. The molecule has 0 radical (unpaired) electrons. The van der Waals surface area contributed by atoms with Gasteiger partial charge in [-0.3, -0.25) is 0 Å². The van der Waals surface area contributed by atoms with Crippen LogP contribution in [0.25, 0.3) is 0 Å². The van der Waals surface area contributed by atoms with Crippen LogP contribution < -0.4 is 0 Å². The van der Waals surface area contributed by atoms with E-state index in [1.807, 2.05) is 24.0 Å². The largest absolute Gasteiger partial charge is 0.391 e. The molecule has 1 aliphatic rings. The fraction of sp³-hybridized carbons (Fsp3) is 0.600. The van der Waals surface area contributed by atoms with E-state index in [0.717, 1.165) is 19.5 Å². The molecule has 1 heterocycles. The van der Waals surface area contributed by atoms with Gasteiger partial charge in [0.1, 0.15) is 0 Å². The molecular weight excluding hydrogens is 267 g/mol. The van der Waals surface area contributed by atoms with Crippen LogP contribution in [0.3, 0.4) is 0 Å². The van der Waals surface area contributed by atoms with E-state index in [1.54, 1.807) is 0 Å². The predicted octanol–water partition coefficient (Wildman–Crippen LogP) is 3.10. The Morgan fingerprint density at radius 2 is 2.15 bits per heavy atom. The van der Waals surface area contributed by atoms with Gasteiger partial charge < -0.3 is 10.0 Å². The molecule has 1 aliphatic heterocycles. The Kier molecular flexibility index (Phi) is 4.70. The van der Waals surface area contributed by atoms with E-state index in [9.17, 15) is 18.3 Å². The lowest BCUT2D eigenvalue weighted by Gasteiger charge is -2.21. The highest BCUT2D eigenvalue weighted by Gasteiger charge is 2.33. The van der Waals surface area contributed by atoms with Crippen molar-refractivity contribution in [3.05, 3.63) is 35.4 Å². The molecule has 0 aliphatic carbocycles. The van der Waals surface area contributed by atoms with Crippen molar-refractivity contribution in [3.8, 4) is 0 Å². The molecule has 1 saturated heterocycles. The second-order valence-electron chi connectivity index (χ2n) is 5.63. The van der Waals surface area contributed by atoms with Gasteiger partial charge in [0.15, 0.2) is 0 Å². The summed E-state index contributed by atoms with van der Waals surface area (Å²) in [5.41, 5.74) is 2.43. The van der Waals surface area contributed by atoms with Gasteiger partial charge in [0.2, 0.25) is 0 Å². The predicted molar refractivity (Wildman–Crippen MR) is 71.7 cm³/mol. The zero-order valence-corrected chi connectivity index (χ0v) is 11.5. The number of hydrogen-bond acceptors (Lipinski definition) is 2. The van der Waals surface area contributed by atoms with Crippen molar-refractivity contribution in [3.63, 3.8) is 0 Å². The Labute approximate surface area is 117 Å². The van der Waals surface area contributed by atoms with Crippen LogP contribution in [0.1, 0.15) is 29.9 Å². The van der Waals surface area contributed by atoms with Crippen LogP contribution in [0.4, 0.5) is 13.2 Å². The molecule has 2 rings (SSSR count). The number of halogens is 3. The third-order valence-corrected chi connectivity index (χ3v) is 3.72. The topological polar surface area (TPSA) is 23.5 Å². The zero-order valence-electron chi connectivity index (χ0n) is 11.5. The molecule has 0 unspecified atom stereocenters. The van der Waals surface area contributed by atoms with Crippen molar-refractivity contribution in [2.24, 2.45) is 0 Å². The minimum atomic E-state index is -4.30. The number of aliphatic hydroxyl groups excluding tert-OH is 1. The highest BCUT2D eigenvalue weighted by molar-refractivity contribution is 5.26. The van der Waals surface area contributed by atoms with Gasteiger partial charge >= 0.3 is 6.18 Å². The van der Waals surface area contributed by atoms with Crippen molar-refractivity contribution in [2.45, 2.75) is 38.0 Å². The molecule has 1 aromatic carbocycles. The van der Waals surface area contributed by atoms with E-state index < -0.39 is 18.7 Å². The van der Waals surface area contributed by atoms with E-state index in [2.05, 4.69) is 12.1 Å². The van der Waals surface area contributed by atoms with Crippen molar-refractivity contribution < 1.29 is 18.3 Å². The van der Waals surface area contributed by atoms with E-state index in [1.165, 1.54) is 11.1 Å². The minimum absolute atomic E-state index is 0.0990. The van der Waals surface area contributed by atoms with E-state index in [-0.39, 0.29) is 6.54 Å². The molecule has 112 valence electrons. The lowest BCUT2D eigenvalue weighted by Crippen LogP contribution is -2.33. The summed E-state index contributed by atoms with van der Waals surface area (Å²) >= 11 is 0. The Morgan fingerprint density at radius 3 is 2.80 bits per heavy atom. The molecule has 1 aromatic rings. The molecule has 1 fully saturated rings. The fourth-order valence-corrected chi connectivity index (χ4v) is 2.82. The maximum absolute atomic E-state index is 12.2. The number of β-amino-alcohol motifs (C(OH)–C–C–N with tert-alkyl or cyclic N) is 1. The molecule has 20 heavy (non-hydrogen) atoms. The molecule has 5 heteroatoms. The van der Waals surface area contributed by atoms with E-state index in [0.29, 0.717) is 5.92 Å². The third kappa shape index (κ3) is 4.49. The van der Waals surface area contributed by atoms with E-state index in [4.69, 9.17) is 0 Å². The second kappa shape index (κ2) is 6.14. The first kappa shape index (κ1) is 15.3. The lowest BCUT2D eigenvalue weighted by atomic mass is 9.97. The van der Waals surface area contributed by atoms with Crippen LogP contribution in [0.2, 0.25) is 0 Å². The van der Waals surface area contributed by atoms with Crippen LogP contribution in [-0.2, 0) is 0 Å². The number of benzene rings is 1. The van der Waals surface area contributed by atoms with Gasteiger partial charge in [0, 0.05) is 13.1 Å². The standard InChI is InChI=1S/C15H20F3NO/c1-11-3-2-4-12(7-11)13-5-6-19(9-13)10-14(20)8-15(16,17)18/h2-4,7,13-14,20H,5-6,8-10H2,1H3/t13-,14-/m1/s1. The van der Waals surface area contributed by atoms with Crippen LogP contribution in [-0.4, -0.2) is 41.9 Å². The van der Waals surface area contributed by atoms with Crippen LogP contribution in [0.5, 0.6) is 0 Å². The fourth-order valence-electron chi connectivity index (χ4n) is 2.82. The first-order chi connectivity index (χ1) is 9.33. The number of rotatable bonds is 4. The Hall–Kier alpha value is -1.07. The summed E-state index contributed by atoms with van der Waals surface area (Å²) in [6.07, 6.45) is -5.82. The Balaban J connectivity index is 1.86. The van der Waals surface area contributed by atoms with Gasteiger partial charge in [-0.1, -0.05) is 29.8 Å². The molecular formula is C15H20F3NO. The number of likely N-dealkylation sites (tertiary alicyclic amines) is 1. The average molecular weight is 287 g/mol. The van der Waals surface area contributed by atoms with Crippen LogP contribution >= 0.6 is 0 Å². The van der Waals surface area contributed by atoms with Gasteiger partial charge in [-0.25, -0.2) is 0 Å². The van der Waals surface area contributed by atoms with Crippen LogP contribution in [0.15, 0.2) is 24.3 Å². The third-order valence-electron chi connectivity index (χ3n) is 3.72. The molecule has 0 amide bonds.